The molecular formula is C21H21BrN4OS. The lowest BCUT2D eigenvalue weighted by Crippen LogP contribution is -2.28. The number of hydrogen-bond donors (Lipinski definition) is 1. The molecule has 1 N–H and O–H groups in total. The van der Waals surface area contributed by atoms with Crippen molar-refractivity contribution in [2.24, 2.45) is 0 Å². The zero-order chi connectivity index (χ0) is 19.5. The van der Waals surface area contributed by atoms with Gasteiger partial charge in [-0.25, -0.2) is 0 Å². The molecule has 1 aliphatic rings. The molecule has 2 aromatic carbocycles. The van der Waals surface area contributed by atoms with Crippen LogP contribution in [0.3, 0.4) is 0 Å². The van der Waals surface area contributed by atoms with E-state index in [1.807, 2.05) is 49.4 Å². The Labute approximate surface area is 177 Å². The summed E-state index contributed by atoms with van der Waals surface area (Å²) in [6.45, 7) is 1.99. The summed E-state index contributed by atoms with van der Waals surface area (Å²) >= 11 is 4.86. The van der Waals surface area contributed by atoms with Gasteiger partial charge in [0.25, 0.3) is 0 Å². The quantitative estimate of drug-likeness (QED) is 0.514. The molecule has 0 aliphatic heterocycles. The van der Waals surface area contributed by atoms with E-state index in [9.17, 15) is 4.79 Å². The van der Waals surface area contributed by atoms with Crippen LogP contribution in [0.25, 0.3) is 5.69 Å². The fraction of sp³-hybridized carbons (Fsp3) is 0.286. The van der Waals surface area contributed by atoms with Crippen LogP contribution in [0, 0.1) is 0 Å². The first-order valence-corrected chi connectivity index (χ1v) is 11.1. The van der Waals surface area contributed by atoms with Gasteiger partial charge in [-0.15, -0.1) is 10.2 Å². The Kier molecular flexibility index (Phi) is 5.82. The van der Waals surface area contributed by atoms with Crippen LogP contribution in [0.4, 0.5) is 0 Å². The van der Waals surface area contributed by atoms with E-state index in [4.69, 9.17) is 0 Å². The topological polar surface area (TPSA) is 59.8 Å². The van der Waals surface area contributed by atoms with Crippen molar-refractivity contribution in [1.82, 2.24) is 20.1 Å². The first kappa shape index (κ1) is 19.2. The van der Waals surface area contributed by atoms with E-state index in [1.165, 1.54) is 11.8 Å². The lowest BCUT2D eigenvalue weighted by atomic mass is 10.1. The second-order valence-corrected chi connectivity index (χ2v) is 8.77. The molecule has 0 radical (unpaired) electrons. The van der Waals surface area contributed by atoms with E-state index in [-0.39, 0.29) is 11.9 Å². The Morgan fingerprint density at radius 3 is 2.57 bits per heavy atom. The van der Waals surface area contributed by atoms with Crippen LogP contribution in [0.5, 0.6) is 0 Å². The molecule has 1 amide bonds. The highest BCUT2D eigenvalue weighted by atomic mass is 79.9. The van der Waals surface area contributed by atoms with E-state index in [2.05, 4.69) is 48.1 Å². The molecule has 1 aliphatic carbocycles. The zero-order valence-electron chi connectivity index (χ0n) is 15.5. The van der Waals surface area contributed by atoms with Crippen LogP contribution in [-0.2, 0) is 4.79 Å². The molecule has 5 nitrogen and oxygen atoms in total. The number of halogens is 1. The highest BCUT2D eigenvalue weighted by Crippen LogP contribution is 2.41. The van der Waals surface area contributed by atoms with Gasteiger partial charge in [0, 0.05) is 16.1 Å². The first-order chi connectivity index (χ1) is 13.6. The van der Waals surface area contributed by atoms with E-state index < -0.39 is 0 Å². The minimum absolute atomic E-state index is 0.0176. The molecule has 1 fully saturated rings. The van der Waals surface area contributed by atoms with Crippen LogP contribution < -0.4 is 5.32 Å². The number of para-hydroxylation sites is 1. The third kappa shape index (κ3) is 4.47. The normalized spacial score (nSPS) is 14.6. The average molecular weight is 457 g/mol. The lowest BCUT2D eigenvalue weighted by Gasteiger charge is -2.14. The Morgan fingerprint density at radius 2 is 1.89 bits per heavy atom. The predicted octanol–water partition coefficient (Wildman–Crippen LogP) is 4.88. The highest BCUT2D eigenvalue weighted by Gasteiger charge is 2.31. The predicted molar refractivity (Wildman–Crippen MR) is 115 cm³/mol. The summed E-state index contributed by atoms with van der Waals surface area (Å²) in [5, 5.41) is 12.6. The third-order valence-electron chi connectivity index (χ3n) is 4.70. The molecule has 28 heavy (non-hydrogen) atoms. The fourth-order valence-corrected chi connectivity index (χ4v) is 4.08. The smallest absolute Gasteiger partial charge is 0.230 e. The first-order valence-electron chi connectivity index (χ1n) is 9.30. The van der Waals surface area contributed by atoms with Crippen molar-refractivity contribution in [3.8, 4) is 5.69 Å². The number of carbonyl (C=O) groups excluding carboxylic acids is 1. The maximum Gasteiger partial charge on any atom is 0.230 e. The number of nitrogens with one attached hydrogen (secondary N) is 1. The van der Waals surface area contributed by atoms with Gasteiger partial charge in [-0.05, 0) is 49.6 Å². The van der Waals surface area contributed by atoms with Gasteiger partial charge in [-0.3, -0.25) is 9.36 Å². The van der Waals surface area contributed by atoms with Crippen molar-refractivity contribution >= 4 is 33.6 Å². The maximum absolute atomic E-state index is 12.5. The molecule has 1 atom stereocenters. The van der Waals surface area contributed by atoms with Gasteiger partial charge < -0.3 is 5.32 Å². The average Bonchev–Trinajstić information content (AvgIpc) is 3.47. The van der Waals surface area contributed by atoms with Crippen molar-refractivity contribution in [2.75, 3.05) is 5.75 Å². The maximum atomic E-state index is 12.5. The molecule has 1 saturated carbocycles. The Bertz CT molecular complexity index is 954. The molecule has 144 valence electrons. The van der Waals surface area contributed by atoms with Crippen LogP contribution in [0.2, 0.25) is 0 Å². The van der Waals surface area contributed by atoms with Crippen LogP contribution in [-0.4, -0.2) is 26.4 Å². The summed E-state index contributed by atoms with van der Waals surface area (Å²) in [6, 6.07) is 18.0. The zero-order valence-corrected chi connectivity index (χ0v) is 17.9. The number of nitrogens with zero attached hydrogens (tertiary/aromatic N) is 3. The highest BCUT2D eigenvalue weighted by molar-refractivity contribution is 9.10. The van der Waals surface area contributed by atoms with Gasteiger partial charge in [-0.1, -0.05) is 58.0 Å². The molecular weight excluding hydrogens is 436 g/mol. The summed E-state index contributed by atoms with van der Waals surface area (Å²) in [5.41, 5.74) is 2.12. The standard InChI is InChI=1S/C21H21BrN4OS/c1-14(15-9-11-17(22)12-10-15)23-19(27)13-28-21-25-24-20(16-7-8-16)26(21)18-5-3-2-4-6-18/h2-6,9-12,14,16H,7-8,13H2,1H3,(H,23,27). The second kappa shape index (κ2) is 8.49. The van der Waals surface area contributed by atoms with Crippen molar-refractivity contribution < 1.29 is 4.79 Å². The summed E-state index contributed by atoms with van der Waals surface area (Å²) in [6.07, 6.45) is 2.31. The van der Waals surface area contributed by atoms with Crippen molar-refractivity contribution in [2.45, 2.75) is 36.9 Å². The molecule has 7 heteroatoms. The summed E-state index contributed by atoms with van der Waals surface area (Å²) < 4.78 is 3.12. The van der Waals surface area contributed by atoms with Crippen LogP contribution in [0.15, 0.2) is 64.2 Å². The van der Waals surface area contributed by atoms with E-state index in [0.29, 0.717) is 11.7 Å². The molecule has 0 saturated heterocycles. The number of benzene rings is 2. The SMILES string of the molecule is CC(NC(=O)CSc1nnc(C2CC2)n1-c1ccccc1)c1ccc(Br)cc1. The summed E-state index contributed by atoms with van der Waals surface area (Å²) in [5.74, 6) is 1.76. The number of carbonyl (C=O) groups is 1. The Morgan fingerprint density at radius 1 is 1.18 bits per heavy atom. The van der Waals surface area contributed by atoms with Crippen LogP contribution in [0.1, 0.15) is 43.1 Å². The molecule has 4 rings (SSSR count). The van der Waals surface area contributed by atoms with Crippen molar-refractivity contribution in [3.05, 3.63) is 70.5 Å². The minimum atomic E-state index is -0.0461. The molecule has 3 aromatic rings. The van der Waals surface area contributed by atoms with Gasteiger partial charge in [0.2, 0.25) is 5.91 Å². The summed E-state index contributed by atoms with van der Waals surface area (Å²) in [7, 11) is 0. The number of amides is 1. The number of rotatable bonds is 7. The van der Waals surface area contributed by atoms with Crippen molar-refractivity contribution in [3.63, 3.8) is 0 Å². The second-order valence-electron chi connectivity index (χ2n) is 6.92. The monoisotopic (exact) mass is 456 g/mol. The number of aromatic nitrogens is 3. The number of hydrogen-bond acceptors (Lipinski definition) is 4. The van der Waals surface area contributed by atoms with Gasteiger partial charge >= 0.3 is 0 Å². The van der Waals surface area contributed by atoms with Gasteiger partial charge in [0.05, 0.1) is 11.8 Å². The van der Waals surface area contributed by atoms with Gasteiger partial charge in [0.1, 0.15) is 5.82 Å². The minimum Gasteiger partial charge on any atom is -0.349 e. The van der Waals surface area contributed by atoms with E-state index >= 15 is 0 Å². The van der Waals surface area contributed by atoms with Crippen molar-refractivity contribution in [1.29, 1.82) is 0 Å². The molecule has 1 aromatic heterocycles. The third-order valence-corrected chi connectivity index (χ3v) is 6.15. The largest absolute Gasteiger partial charge is 0.349 e. The Balaban J connectivity index is 1.43. The Hall–Kier alpha value is -2.12. The van der Waals surface area contributed by atoms with Gasteiger partial charge in [-0.2, -0.15) is 0 Å². The van der Waals surface area contributed by atoms with Crippen LogP contribution >= 0.6 is 27.7 Å². The summed E-state index contributed by atoms with van der Waals surface area (Å²) in [4.78, 5) is 12.5. The lowest BCUT2D eigenvalue weighted by molar-refractivity contribution is -0.119. The van der Waals surface area contributed by atoms with Gasteiger partial charge in [0.15, 0.2) is 5.16 Å². The molecule has 0 spiro atoms. The molecule has 0 bridgehead atoms. The molecule has 1 heterocycles. The molecule has 1 unspecified atom stereocenters. The fourth-order valence-electron chi connectivity index (χ4n) is 3.05. The number of thioether (sulfide) groups is 1. The van der Waals surface area contributed by atoms with E-state index in [1.54, 1.807) is 0 Å². The van der Waals surface area contributed by atoms with E-state index in [0.717, 1.165) is 39.5 Å².